The van der Waals surface area contributed by atoms with Crippen molar-refractivity contribution in [3.63, 3.8) is 0 Å². The fraction of sp³-hybridized carbons (Fsp3) is 0.789. The number of nitrogens with zero attached hydrogens (tertiary/aromatic N) is 2. The fourth-order valence-electron chi connectivity index (χ4n) is 5.58. The van der Waals surface area contributed by atoms with Gasteiger partial charge in [0.05, 0.1) is 6.67 Å². The van der Waals surface area contributed by atoms with E-state index in [0.717, 1.165) is 0 Å². The molecule has 0 N–H and O–H groups in total. The van der Waals surface area contributed by atoms with Crippen LogP contribution in [0.1, 0.15) is 39.5 Å². The second-order valence-electron chi connectivity index (χ2n) is 8.28. The maximum absolute atomic E-state index is 13.0. The van der Waals surface area contributed by atoms with Gasteiger partial charge in [0.2, 0.25) is 11.8 Å². The average Bonchev–Trinajstić information content (AvgIpc) is 2.54. The molecule has 6 nitrogen and oxygen atoms in total. The number of ketones is 2. The Kier molecular flexibility index (Phi) is 4.84. The zero-order chi connectivity index (χ0) is 18.5. The van der Waals surface area contributed by atoms with Crippen molar-refractivity contribution in [3.8, 4) is 0 Å². The first-order chi connectivity index (χ1) is 11.7. The van der Waals surface area contributed by atoms with Crippen molar-refractivity contribution in [1.29, 1.82) is 0 Å². The van der Waals surface area contributed by atoms with Crippen molar-refractivity contribution in [2.75, 3.05) is 20.8 Å². The number of hydrogen-bond acceptors (Lipinski definition) is 5. The highest BCUT2D eigenvalue weighted by Crippen LogP contribution is 2.55. The summed E-state index contributed by atoms with van der Waals surface area (Å²) < 4.78 is 0. The van der Waals surface area contributed by atoms with Gasteiger partial charge in [-0.25, -0.2) is 0 Å². The molecule has 2 aliphatic carbocycles. The van der Waals surface area contributed by atoms with Crippen molar-refractivity contribution in [1.82, 2.24) is 9.80 Å². The van der Waals surface area contributed by atoms with Gasteiger partial charge in [0.1, 0.15) is 11.6 Å². The number of Topliss-reactive ketones (excluding diaryl/α,β-unsaturated/α-hetero) is 2. The zero-order valence-corrected chi connectivity index (χ0v) is 15.5. The lowest BCUT2D eigenvalue weighted by Crippen LogP contribution is -2.62. The lowest BCUT2D eigenvalue weighted by Gasteiger charge is -2.54. The van der Waals surface area contributed by atoms with Crippen LogP contribution < -0.4 is 0 Å². The van der Waals surface area contributed by atoms with Gasteiger partial charge in [-0.3, -0.25) is 29.0 Å². The molecule has 0 aromatic rings. The van der Waals surface area contributed by atoms with Crippen molar-refractivity contribution in [3.05, 3.63) is 0 Å². The third-order valence-electron chi connectivity index (χ3n) is 6.52. The monoisotopic (exact) mass is 348 g/mol. The highest BCUT2D eigenvalue weighted by molar-refractivity contribution is 6.01. The molecule has 3 fully saturated rings. The quantitative estimate of drug-likeness (QED) is 0.717. The zero-order valence-electron chi connectivity index (χ0n) is 15.5. The van der Waals surface area contributed by atoms with E-state index in [0.29, 0.717) is 32.4 Å². The number of hydrogen-bond donors (Lipinski definition) is 0. The van der Waals surface area contributed by atoms with Crippen LogP contribution in [-0.2, 0) is 19.2 Å². The minimum Gasteiger partial charge on any atom is -0.300 e. The Morgan fingerprint density at radius 3 is 1.68 bits per heavy atom. The van der Waals surface area contributed by atoms with Gasteiger partial charge in [0, 0.05) is 23.7 Å². The van der Waals surface area contributed by atoms with E-state index in [1.807, 2.05) is 19.0 Å². The van der Waals surface area contributed by atoms with Crippen LogP contribution in [0.2, 0.25) is 0 Å². The van der Waals surface area contributed by atoms with E-state index in [1.54, 1.807) is 13.8 Å². The van der Waals surface area contributed by atoms with Crippen molar-refractivity contribution >= 4 is 23.4 Å². The maximum atomic E-state index is 13.0. The molecule has 3 rings (SSSR count). The summed E-state index contributed by atoms with van der Waals surface area (Å²) in [5.41, 5.74) is 0. The molecule has 4 atom stereocenters. The van der Waals surface area contributed by atoms with E-state index in [1.165, 1.54) is 4.90 Å². The topological polar surface area (TPSA) is 74.8 Å². The van der Waals surface area contributed by atoms with E-state index in [2.05, 4.69) is 0 Å². The summed E-state index contributed by atoms with van der Waals surface area (Å²) in [5.74, 6) is -1.21. The van der Waals surface area contributed by atoms with Crippen LogP contribution in [-0.4, -0.2) is 53.9 Å². The standard InChI is InChI=1S/C19H28N2O4/c1-10(22)12-5-7-14-17-15(8-6-13(11(2)23)16(12)17)19(25)21(18(14)24)9-20(3)4/h12-17H,5-9H2,1-4H3. The first-order valence-electron chi connectivity index (χ1n) is 9.24. The molecule has 4 unspecified atom stereocenters. The fourth-order valence-corrected chi connectivity index (χ4v) is 5.58. The Labute approximate surface area is 148 Å². The highest BCUT2D eigenvalue weighted by atomic mass is 16.2. The molecule has 2 saturated carbocycles. The smallest absolute Gasteiger partial charge is 0.233 e. The normalized spacial score (nSPS) is 37.9. The molecule has 6 heteroatoms. The van der Waals surface area contributed by atoms with Crippen LogP contribution in [0.5, 0.6) is 0 Å². The number of rotatable bonds is 4. The molecule has 25 heavy (non-hydrogen) atoms. The predicted molar refractivity (Wildman–Crippen MR) is 91.2 cm³/mol. The minimum absolute atomic E-state index is 0.0889. The van der Waals surface area contributed by atoms with Gasteiger partial charge >= 0.3 is 0 Å². The highest BCUT2D eigenvalue weighted by Gasteiger charge is 2.59. The van der Waals surface area contributed by atoms with Gasteiger partial charge < -0.3 is 0 Å². The Morgan fingerprint density at radius 1 is 0.880 bits per heavy atom. The molecular weight excluding hydrogens is 320 g/mol. The van der Waals surface area contributed by atoms with E-state index in [4.69, 9.17) is 0 Å². The molecular formula is C19H28N2O4. The third-order valence-corrected chi connectivity index (χ3v) is 6.52. The lowest BCUT2D eigenvalue weighted by atomic mass is 9.51. The molecule has 1 aliphatic heterocycles. The third kappa shape index (κ3) is 2.94. The maximum Gasteiger partial charge on any atom is 0.233 e. The Hall–Kier alpha value is -1.56. The number of carbonyl (C=O) groups excluding carboxylic acids is 4. The van der Waals surface area contributed by atoms with Crippen molar-refractivity contribution < 1.29 is 19.2 Å². The van der Waals surface area contributed by atoms with Crippen LogP contribution in [0, 0.1) is 35.5 Å². The van der Waals surface area contributed by atoms with Gasteiger partial charge in [0.25, 0.3) is 0 Å². The Morgan fingerprint density at radius 2 is 1.32 bits per heavy atom. The van der Waals surface area contributed by atoms with Crippen molar-refractivity contribution in [2.45, 2.75) is 39.5 Å². The molecule has 0 bridgehead atoms. The number of likely N-dealkylation sites (tertiary alicyclic amines) is 1. The molecule has 0 aromatic carbocycles. The largest absolute Gasteiger partial charge is 0.300 e. The van der Waals surface area contributed by atoms with Crippen LogP contribution in [0.25, 0.3) is 0 Å². The van der Waals surface area contributed by atoms with E-state index < -0.39 is 0 Å². The number of carbonyl (C=O) groups is 4. The molecule has 1 heterocycles. The van der Waals surface area contributed by atoms with Gasteiger partial charge in [-0.05, 0) is 65.5 Å². The number of piperidine rings is 1. The van der Waals surface area contributed by atoms with Crippen LogP contribution in [0.4, 0.5) is 0 Å². The summed E-state index contributed by atoms with van der Waals surface area (Å²) in [4.78, 5) is 53.7. The first kappa shape index (κ1) is 18.2. The lowest BCUT2D eigenvalue weighted by molar-refractivity contribution is -0.176. The number of imide groups is 1. The summed E-state index contributed by atoms with van der Waals surface area (Å²) in [5, 5.41) is 0. The summed E-state index contributed by atoms with van der Waals surface area (Å²) in [6.45, 7) is 3.46. The predicted octanol–water partition coefficient (Wildman–Crippen LogP) is 1.34. The molecule has 1 saturated heterocycles. The number of amides is 2. The van der Waals surface area contributed by atoms with Gasteiger partial charge in [-0.15, -0.1) is 0 Å². The summed E-state index contributed by atoms with van der Waals surface area (Å²) >= 11 is 0. The van der Waals surface area contributed by atoms with Crippen LogP contribution >= 0.6 is 0 Å². The van der Waals surface area contributed by atoms with Crippen molar-refractivity contribution in [2.24, 2.45) is 35.5 Å². The average molecular weight is 348 g/mol. The molecule has 0 spiro atoms. The second-order valence-corrected chi connectivity index (χ2v) is 8.28. The van der Waals surface area contributed by atoms with Gasteiger partial charge in [0.15, 0.2) is 0 Å². The molecule has 0 radical (unpaired) electrons. The van der Waals surface area contributed by atoms with Gasteiger partial charge in [-0.2, -0.15) is 0 Å². The first-order valence-corrected chi connectivity index (χ1v) is 9.24. The molecule has 3 aliphatic rings. The molecule has 0 aromatic heterocycles. The van der Waals surface area contributed by atoms with E-state index in [9.17, 15) is 19.2 Å². The summed E-state index contributed by atoms with van der Waals surface area (Å²) in [6.07, 6.45) is 2.58. The molecule has 2 amide bonds. The van der Waals surface area contributed by atoms with E-state index >= 15 is 0 Å². The Balaban J connectivity index is 2.00. The van der Waals surface area contributed by atoms with E-state index in [-0.39, 0.29) is 58.9 Å². The SMILES string of the molecule is CC(=O)C1CCC2C(=O)N(CN(C)C)C(=O)C3CCC(C(C)=O)C1C23. The van der Waals surface area contributed by atoms with Crippen LogP contribution in [0.15, 0.2) is 0 Å². The Bertz CT molecular complexity index is 569. The minimum atomic E-state index is -0.231. The van der Waals surface area contributed by atoms with Crippen LogP contribution in [0.3, 0.4) is 0 Å². The second kappa shape index (κ2) is 6.63. The molecule has 138 valence electrons. The summed E-state index contributed by atoms with van der Waals surface area (Å²) in [7, 11) is 3.68. The summed E-state index contributed by atoms with van der Waals surface area (Å²) in [6, 6.07) is 0. The van der Waals surface area contributed by atoms with Gasteiger partial charge in [-0.1, -0.05) is 0 Å².